The molecule has 0 fully saturated rings. The largest absolute Gasteiger partial charge is 0.449 e. The van der Waals surface area contributed by atoms with Crippen molar-refractivity contribution in [1.29, 1.82) is 0 Å². The Morgan fingerprint density at radius 3 is 2.87 bits per heavy atom. The maximum atomic E-state index is 11.6. The first-order valence-corrected chi connectivity index (χ1v) is 4.98. The maximum Gasteiger partial charge on any atom is 0.418 e. The predicted molar refractivity (Wildman–Crippen MR) is 59.1 cm³/mol. The SMILES string of the molecule is CCOC(=O)n1cc(C)c2ccccc21. The quantitative estimate of drug-likeness (QED) is 0.713. The Bertz CT molecular complexity index is 499. The van der Waals surface area contributed by atoms with Crippen LogP contribution >= 0.6 is 0 Å². The van der Waals surface area contributed by atoms with Gasteiger partial charge in [0.05, 0.1) is 12.1 Å². The van der Waals surface area contributed by atoms with Crippen molar-refractivity contribution in [2.45, 2.75) is 13.8 Å². The predicted octanol–water partition coefficient (Wildman–Crippen LogP) is 2.95. The van der Waals surface area contributed by atoms with Crippen molar-refractivity contribution in [2.75, 3.05) is 6.61 Å². The lowest BCUT2D eigenvalue weighted by molar-refractivity contribution is 0.155. The normalized spacial score (nSPS) is 10.5. The summed E-state index contributed by atoms with van der Waals surface area (Å²) < 4.78 is 6.52. The average Bonchev–Trinajstić information content (AvgIpc) is 2.58. The van der Waals surface area contributed by atoms with Crippen LogP contribution in [-0.2, 0) is 4.74 Å². The van der Waals surface area contributed by atoms with E-state index in [2.05, 4.69) is 0 Å². The Balaban J connectivity index is 2.57. The molecule has 0 bridgehead atoms. The van der Waals surface area contributed by atoms with Crippen molar-refractivity contribution >= 4 is 17.0 Å². The van der Waals surface area contributed by atoms with Gasteiger partial charge in [-0.15, -0.1) is 0 Å². The van der Waals surface area contributed by atoms with E-state index in [1.54, 1.807) is 11.5 Å². The lowest BCUT2D eigenvalue weighted by atomic mass is 10.2. The Morgan fingerprint density at radius 1 is 1.40 bits per heavy atom. The number of hydrogen-bond donors (Lipinski definition) is 0. The molecule has 0 saturated carbocycles. The molecule has 2 aromatic rings. The van der Waals surface area contributed by atoms with E-state index in [0.717, 1.165) is 16.5 Å². The van der Waals surface area contributed by atoms with E-state index in [0.29, 0.717) is 6.61 Å². The molecule has 0 amide bonds. The van der Waals surface area contributed by atoms with Crippen LogP contribution in [0.15, 0.2) is 30.5 Å². The van der Waals surface area contributed by atoms with Gasteiger partial charge < -0.3 is 4.74 Å². The molecule has 3 heteroatoms. The number of rotatable bonds is 1. The molecule has 0 aliphatic rings. The number of para-hydroxylation sites is 1. The van der Waals surface area contributed by atoms with Gasteiger partial charge in [0.15, 0.2) is 0 Å². The Labute approximate surface area is 88.3 Å². The van der Waals surface area contributed by atoms with Gasteiger partial charge >= 0.3 is 6.09 Å². The summed E-state index contributed by atoms with van der Waals surface area (Å²) in [5.41, 5.74) is 1.98. The zero-order valence-corrected chi connectivity index (χ0v) is 8.86. The van der Waals surface area contributed by atoms with E-state index in [1.165, 1.54) is 0 Å². The van der Waals surface area contributed by atoms with Gasteiger partial charge in [0, 0.05) is 11.6 Å². The summed E-state index contributed by atoms with van der Waals surface area (Å²) in [6, 6.07) is 7.79. The van der Waals surface area contributed by atoms with Crippen LogP contribution in [0.5, 0.6) is 0 Å². The Morgan fingerprint density at radius 2 is 2.13 bits per heavy atom. The molecule has 0 unspecified atom stereocenters. The van der Waals surface area contributed by atoms with E-state index in [4.69, 9.17) is 4.74 Å². The minimum atomic E-state index is -0.318. The topological polar surface area (TPSA) is 31.2 Å². The number of benzene rings is 1. The highest BCUT2D eigenvalue weighted by Crippen LogP contribution is 2.20. The molecule has 0 N–H and O–H groups in total. The van der Waals surface area contributed by atoms with Crippen LogP contribution < -0.4 is 0 Å². The summed E-state index contributed by atoms with van der Waals surface area (Å²) in [4.78, 5) is 11.6. The lowest BCUT2D eigenvalue weighted by Crippen LogP contribution is -2.11. The van der Waals surface area contributed by atoms with Gasteiger partial charge in [-0.25, -0.2) is 4.79 Å². The average molecular weight is 203 g/mol. The molecular weight excluding hydrogens is 190 g/mol. The van der Waals surface area contributed by atoms with Crippen molar-refractivity contribution in [3.8, 4) is 0 Å². The zero-order valence-electron chi connectivity index (χ0n) is 8.86. The van der Waals surface area contributed by atoms with Crippen LogP contribution in [0.2, 0.25) is 0 Å². The molecular formula is C12H13NO2. The minimum absolute atomic E-state index is 0.318. The smallest absolute Gasteiger partial charge is 0.418 e. The molecule has 1 aromatic heterocycles. The number of aryl methyl sites for hydroxylation is 1. The number of nitrogens with zero attached hydrogens (tertiary/aromatic N) is 1. The van der Waals surface area contributed by atoms with Crippen molar-refractivity contribution < 1.29 is 9.53 Å². The molecule has 0 aliphatic carbocycles. The fourth-order valence-electron chi connectivity index (χ4n) is 1.69. The van der Waals surface area contributed by atoms with Crippen LogP contribution in [0.3, 0.4) is 0 Å². The molecule has 0 aliphatic heterocycles. The third-order valence-corrected chi connectivity index (χ3v) is 2.38. The highest BCUT2D eigenvalue weighted by molar-refractivity contribution is 5.91. The van der Waals surface area contributed by atoms with Gasteiger partial charge in [-0.2, -0.15) is 0 Å². The van der Waals surface area contributed by atoms with Crippen molar-refractivity contribution in [2.24, 2.45) is 0 Å². The molecule has 3 nitrogen and oxygen atoms in total. The van der Waals surface area contributed by atoms with Gasteiger partial charge in [0.2, 0.25) is 0 Å². The second-order valence-electron chi connectivity index (χ2n) is 3.40. The fourth-order valence-corrected chi connectivity index (χ4v) is 1.69. The third kappa shape index (κ3) is 1.61. The second-order valence-corrected chi connectivity index (χ2v) is 3.40. The van der Waals surface area contributed by atoms with Crippen LogP contribution in [0.1, 0.15) is 12.5 Å². The first-order chi connectivity index (χ1) is 7.24. The van der Waals surface area contributed by atoms with Crippen molar-refractivity contribution in [3.63, 3.8) is 0 Å². The van der Waals surface area contributed by atoms with Gasteiger partial charge in [-0.1, -0.05) is 18.2 Å². The van der Waals surface area contributed by atoms with Gasteiger partial charge in [0.25, 0.3) is 0 Å². The molecule has 15 heavy (non-hydrogen) atoms. The van der Waals surface area contributed by atoms with Gasteiger partial charge in [0.1, 0.15) is 0 Å². The highest BCUT2D eigenvalue weighted by atomic mass is 16.5. The lowest BCUT2D eigenvalue weighted by Gasteiger charge is -2.03. The number of fused-ring (bicyclic) bond motifs is 1. The van der Waals surface area contributed by atoms with Crippen LogP contribution in [-0.4, -0.2) is 17.3 Å². The van der Waals surface area contributed by atoms with Gasteiger partial charge in [-0.3, -0.25) is 4.57 Å². The molecule has 0 radical (unpaired) electrons. The van der Waals surface area contributed by atoms with E-state index < -0.39 is 0 Å². The van der Waals surface area contributed by atoms with Crippen molar-refractivity contribution in [3.05, 3.63) is 36.0 Å². The zero-order chi connectivity index (χ0) is 10.8. The standard InChI is InChI=1S/C12H13NO2/c1-3-15-12(14)13-8-9(2)10-6-4-5-7-11(10)13/h4-8H,3H2,1-2H3. The summed E-state index contributed by atoms with van der Waals surface area (Å²) in [7, 11) is 0. The van der Waals surface area contributed by atoms with Crippen molar-refractivity contribution in [1.82, 2.24) is 4.57 Å². The van der Waals surface area contributed by atoms with Gasteiger partial charge in [-0.05, 0) is 25.5 Å². The van der Waals surface area contributed by atoms with Crippen LogP contribution in [0, 0.1) is 6.92 Å². The van der Waals surface area contributed by atoms with Crippen LogP contribution in [0.25, 0.3) is 10.9 Å². The number of carbonyl (C=O) groups is 1. The monoisotopic (exact) mass is 203 g/mol. The molecule has 0 spiro atoms. The maximum absolute atomic E-state index is 11.6. The summed E-state index contributed by atoms with van der Waals surface area (Å²) >= 11 is 0. The second kappa shape index (κ2) is 3.77. The first-order valence-electron chi connectivity index (χ1n) is 4.98. The number of carbonyl (C=O) groups excluding carboxylic acids is 1. The van der Waals surface area contributed by atoms with E-state index >= 15 is 0 Å². The van der Waals surface area contributed by atoms with E-state index in [1.807, 2.05) is 37.4 Å². The summed E-state index contributed by atoms with van der Waals surface area (Å²) in [5, 5.41) is 1.09. The highest BCUT2D eigenvalue weighted by Gasteiger charge is 2.10. The molecule has 1 heterocycles. The minimum Gasteiger partial charge on any atom is -0.449 e. The third-order valence-electron chi connectivity index (χ3n) is 2.38. The Kier molecular flexibility index (Phi) is 2.46. The molecule has 0 saturated heterocycles. The fraction of sp³-hybridized carbons (Fsp3) is 0.250. The van der Waals surface area contributed by atoms with E-state index in [9.17, 15) is 4.79 Å². The Hall–Kier alpha value is -1.77. The number of ether oxygens (including phenoxy) is 1. The molecule has 78 valence electrons. The molecule has 2 rings (SSSR count). The summed E-state index contributed by atoms with van der Waals surface area (Å²) in [6.07, 6.45) is 1.49. The summed E-state index contributed by atoms with van der Waals surface area (Å²) in [5.74, 6) is 0. The van der Waals surface area contributed by atoms with E-state index in [-0.39, 0.29) is 6.09 Å². The number of hydrogen-bond acceptors (Lipinski definition) is 2. The first kappa shape index (κ1) is 9.77. The molecule has 1 aromatic carbocycles. The molecule has 0 atom stereocenters. The number of aromatic nitrogens is 1. The van der Waals surface area contributed by atoms with Crippen LogP contribution in [0.4, 0.5) is 4.79 Å². The summed E-state index contributed by atoms with van der Waals surface area (Å²) in [6.45, 7) is 4.18.